The van der Waals surface area contributed by atoms with Gasteiger partial charge in [0.05, 0.1) is 6.04 Å². The van der Waals surface area contributed by atoms with Crippen LogP contribution in [0.1, 0.15) is 32.1 Å². The van der Waals surface area contributed by atoms with Crippen LogP contribution in [0.5, 0.6) is 0 Å². The van der Waals surface area contributed by atoms with E-state index in [2.05, 4.69) is 27.8 Å². The van der Waals surface area contributed by atoms with Gasteiger partial charge in [-0.15, -0.1) is 5.10 Å². The van der Waals surface area contributed by atoms with Crippen molar-refractivity contribution in [1.29, 1.82) is 0 Å². The Balaban J connectivity index is 2.30. The van der Waals surface area contributed by atoms with Gasteiger partial charge in [-0.05, 0) is 42.4 Å². The number of para-hydroxylation sites is 1. The Bertz CT molecular complexity index is 511. The maximum atomic E-state index is 13.7. The fourth-order valence-corrected chi connectivity index (χ4v) is 1.71. The zero-order valence-corrected chi connectivity index (χ0v) is 10.5. The Kier molecular flexibility index (Phi) is 3.99. The first-order valence-electron chi connectivity index (χ1n) is 6.00. The second-order valence-electron chi connectivity index (χ2n) is 4.08. The van der Waals surface area contributed by atoms with Gasteiger partial charge in [0.2, 0.25) is 0 Å². The van der Waals surface area contributed by atoms with Crippen LogP contribution in [-0.2, 0) is 0 Å². The van der Waals surface area contributed by atoms with Crippen LogP contribution in [0.4, 0.5) is 4.39 Å². The minimum Gasteiger partial charge on any atom is -0.307 e. The molecule has 1 aromatic carbocycles. The molecule has 0 amide bonds. The van der Waals surface area contributed by atoms with Gasteiger partial charge in [-0.2, -0.15) is 4.68 Å². The van der Waals surface area contributed by atoms with Gasteiger partial charge in [0.25, 0.3) is 0 Å². The molecular formula is C12H16FN5. The van der Waals surface area contributed by atoms with Crippen molar-refractivity contribution in [3.8, 4) is 5.69 Å². The summed E-state index contributed by atoms with van der Waals surface area (Å²) in [5, 5.41) is 14.7. The van der Waals surface area contributed by atoms with Gasteiger partial charge in [-0.3, -0.25) is 0 Å². The molecule has 0 bridgehead atoms. The summed E-state index contributed by atoms with van der Waals surface area (Å²) in [6.07, 6.45) is 1.02. The van der Waals surface area contributed by atoms with Gasteiger partial charge in [0.15, 0.2) is 5.82 Å². The van der Waals surface area contributed by atoms with E-state index in [-0.39, 0.29) is 11.9 Å². The normalized spacial score (nSPS) is 12.6. The minimum absolute atomic E-state index is 0.0282. The summed E-state index contributed by atoms with van der Waals surface area (Å²) in [6.45, 7) is 4.91. The van der Waals surface area contributed by atoms with Crippen molar-refractivity contribution < 1.29 is 4.39 Å². The second-order valence-corrected chi connectivity index (χ2v) is 4.08. The number of hydrogen-bond donors (Lipinski definition) is 1. The molecule has 0 fully saturated rings. The van der Waals surface area contributed by atoms with E-state index in [1.807, 2.05) is 6.92 Å². The molecule has 1 atom stereocenters. The highest BCUT2D eigenvalue weighted by Gasteiger charge is 2.16. The summed E-state index contributed by atoms with van der Waals surface area (Å²) < 4.78 is 15.1. The van der Waals surface area contributed by atoms with E-state index in [9.17, 15) is 4.39 Å². The molecule has 6 heteroatoms. The van der Waals surface area contributed by atoms with Crippen LogP contribution in [-0.4, -0.2) is 26.8 Å². The lowest BCUT2D eigenvalue weighted by Gasteiger charge is -2.13. The first-order valence-corrected chi connectivity index (χ1v) is 6.00. The van der Waals surface area contributed by atoms with Gasteiger partial charge < -0.3 is 5.32 Å². The predicted octanol–water partition coefficient (Wildman–Crippen LogP) is 1.86. The van der Waals surface area contributed by atoms with E-state index in [0.717, 1.165) is 13.0 Å². The van der Waals surface area contributed by atoms with E-state index in [1.165, 1.54) is 10.7 Å². The fourth-order valence-electron chi connectivity index (χ4n) is 1.71. The zero-order valence-electron chi connectivity index (χ0n) is 10.5. The molecule has 0 saturated heterocycles. The Morgan fingerprint density at radius 2 is 2.17 bits per heavy atom. The van der Waals surface area contributed by atoms with Crippen LogP contribution in [0.3, 0.4) is 0 Å². The quantitative estimate of drug-likeness (QED) is 0.878. The zero-order chi connectivity index (χ0) is 13.0. The molecule has 0 aliphatic carbocycles. The smallest absolute Gasteiger partial charge is 0.173 e. The Labute approximate surface area is 105 Å². The molecule has 0 spiro atoms. The van der Waals surface area contributed by atoms with Crippen molar-refractivity contribution in [2.45, 2.75) is 26.3 Å². The summed E-state index contributed by atoms with van der Waals surface area (Å²) in [5.41, 5.74) is 0.364. The summed E-state index contributed by atoms with van der Waals surface area (Å²) in [7, 11) is 0. The topological polar surface area (TPSA) is 55.6 Å². The molecule has 2 aromatic rings. The first-order chi connectivity index (χ1) is 8.74. The van der Waals surface area contributed by atoms with Crippen molar-refractivity contribution in [2.75, 3.05) is 6.54 Å². The lowest BCUT2D eigenvalue weighted by atomic mass is 10.2. The van der Waals surface area contributed by atoms with Gasteiger partial charge in [-0.1, -0.05) is 19.1 Å². The largest absolute Gasteiger partial charge is 0.307 e. The molecule has 0 saturated carbocycles. The molecule has 0 radical (unpaired) electrons. The second kappa shape index (κ2) is 5.68. The highest BCUT2D eigenvalue weighted by molar-refractivity contribution is 5.32. The summed E-state index contributed by atoms with van der Waals surface area (Å²) in [5.74, 6) is 0.266. The van der Waals surface area contributed by atoms with Gasteiger partial charge >= 0.3 is 0 Å². The standard InChI is InChI=1S/C12H16FN5/c1-3-8-14-9(2)12-15-16-17-18(12)11-7-5-4-6-10(11)13/h4-7,9,14H,3,8H2,1-2H3. The molecule has 1 unspecified atom stereocenters. The van der Waals surface area contributed by atoms with E-state index >= 15 is 0 Å². The van der Waals surface area contributed by atoms with Crippen LogP contribution >= 0.6 is 0 Å². The van der Waals surface area contributed by atoms with Crippen LogP contribution in [0, 0.1) is 5.82 Å². The molecule has 0 aliphatic rings. The Hall–Kier alpha value is -1.82. The lowest BCUT2D eigenvalue weighted by molar-refractivity contribution is 0.524. The fraction of sp³-hybridized carbons (Fsp3) is 0.417. The molecule has 1 heterocycles. The number of aromatic nitrogens is 4. The highest BCUT2D eigenvalue weighted by atomic mass is 19.1. The third-order valence-electron chi connectivity index (χ3n) is 2.66. The van der Waals surface area contributed by atoms with Crippen LogP contribution in [0.25, 0.3) is 5.69 Å². The minimum atomic E-state index is -0.339. The number of tetrazole rings is 1. The molecule has 5 nitrogen and oxygen atoms in total. The Morgan fingerprint density at radius 3 is 2.89 bits per heavy atom. The molecular weight excluding hydrogens is 233 g/mol. The highest BCUT2D eigenvalue weighted by Crippen LogP contribution is 2.16. The average Bonchev–Trinajstić information content (AvgIpc) is 2.85. The summed E-state index contributed by atoms with van der Waals surface area (Å²) >= 11 is 0. The SMILES string of the molecule is CCCNC(C)c1nnnn1-c1ccccc1F. The van der Waals surface area contributed by atoms with E-state index < -0.39 is 0 Å². The van der Waals surface area contributed by atoms with Crippen molar-refractivity contribution in [3.63, 3.8) is 0 Å². The Morgan fingerprint density at radius 1 is 1.39 bits per heavy atom. The monoisotopic (exact) mass is 249 g/mol. The van der Waals surface area contributed by atoms with E-state index in [4.69, 9.17) is 0 Å². The summed E-state index contributed by atoms with van der Waals surface area (Å²) in [4.78, 5) is 0. The summed E-state index contributed by atoms with van der Waals surface area (Å²) in [6, 6.07) is 6.42. The molecule has 2 rings (SSSR count). The van der Waals surface area contributed by atoms with Crippen LogP contribution in [0.15, 0.2) is 24.3 Å². The van der Waals surface area contributed by atoms with Crippen molar-refractivity contribution >= 4 is 0 Å². The number of benzene rings is 1. The van der Waals surface area contributed by atoms with E-state index in [0.29, 0.717) is 11.5 Å². The third-order valence-corrected chi connectivity index (χ3v) is 2.66. The van der Waals surface area contributed by atoms with Gasteiger partial charge in [-0.25, -0.2) is 4.39 Å². The van der Waals surface area contributed by atoms with Gasteiger partial charge in [0.1, 0.15) is 11.5 Å². The van der Waals surface area contributed by atoms with Crippen molar-refractivity contribution in [1.82, 2.24) is 25.5 Å². The lowest BCUT2D eigenvalue weighted by Crippen LogP contribution is -2.23. The molecule has 0 aliphatic heterocycles. The molecule has 1 N–H and O–H groups in total. The molecule has 96 valence electrons. The molecule has 1 aromatic heterocycles. The van der Waals surface area contributed by atoms with Crippen molar-refractivity contribution in [2.24, 2.45) is 0 Å². The number of rotatable bonds is 5. The number of nitrogens with zero attached hydrogens (tertiary/aromatic N) is 4. The van der Waals surface area contributed by atoms with Gasteiger partial charge in [0, 0.05) is 0 Å². The first kappa shape index (κ1) is 12.6. The maximum Gasteiger partial charge on any atom is 0.173 e. The van der Waals surface area contributed by atoms with Crippen molar-refractivity contribution in [3.05, 3.63) is 35.9 Å². The molecule has 18 heavy (non-hydrogen) atoms. The third kappa shape index (κ3) is 2.53. The maximum absolute atomic E-state index is 13.7. The average molecular weight is 249 g/mol. The van der Waals surface area contributed by atoms with E-state index in [1.54, 1.807) is 18.2 Å². The number of nitrogens with one attached hydrogen (secondary N) is 1. The number of hydrogen-bond acceptors (Lipinski definition) is 4. The predicted molar refractivity (Wildman–Crippen MR) is 65.8 cm³/mol. The van der Waals surface area contributed by atoms with Crippen LogP contribution < -0.4 is 5.32 Å². The number of halogens is 1. The van der Waals surface area contributed by atoms with Crippen LogP contribution in [0.2, 0.25) is 0 Å².